The minimum Gasteiger partial charge on any atom is -0.351 e. The van der Waals surface area contributed by atoms with Crippen molar-refractivity contribution in [2.45, 2.75) is 0 Å². The molecule has 0 saturated carbocycles. The van der Waals surface area contributed by atoms with Gasteiger partial charge in [-0.2, -0.15) is 0 Å². The van der Waals surface area contributed by atoms with E-state index in [4.69, 9.17) is 0 Å². The number of amides is 4. The zero-order chi connectivity index (χ0) is 27.9. The summed E-state index contributed by atoms with van der Waals surface area (Å²) in [7, 11) is 0. The van der Waals surface area contributed by atoms with Crippen molar-refractivity contribution in [3.05, 3.63) is 145 Å². The number of imide groups is 2. The van der Waals surface area contributed by atoms with Crippen LogP contribution in [0.4, 0.5) is 22.7 Å². The molecule has 2 aliphatic rings. The van der Waals surface area contributed by atoms with Gasteiger partial charge < -0.3 is 10.6 Å². The molecular formula is C32H24N4O4. The number of para-hydroxylation sites is 4. The van der Waals surface area contributed by atoms with Crippen molar-refractivity contribution in [2.75, 3.05) is 20.4 Å². The number of benzene rings is 4. The van der Waals surface area contributed by atoms with Gasteiger partial charge in [-0.3, -0.25) is 19.2 Å². The first-order valence-corrected chi connectivity index (χ1v) is 12.5. The van der Waals surface area contributed by atoms with E-state index < -0.39 is 0 Å². The maximum absolute atomic E-state index is 12.3. The van der Waals surface area contributed by atoms with Crippen LogP contribution in [0, 0.1) is 0 Å². The predicted octanol–water partition coefficient (Wildman–Crippen LogP) is 5.11. The van der Waals surface area contributed by atoms with Gasteiger partial charge in [0.05, 0.1) is 11.4 Å². The molecule has 0 aliphatic carbocycles. The summed E-state index contributed by atoms with van der Waals surface area (Å²) in [6.45, 7) is 0. The lowest BCUT2D eigenvalue weighted by Crippen LogP contribution is -2.31. The van der Waals surface area contributed by atoms with Crippen molar-refractivity contribution >= 4 is 46.4 Å². The summed E-state index contributed by atoms with van der Waals surface area (Å²) in [6, 6.07) is 36.3. The molecule has 4 aromatic rings. The molecule has 2 heterocycles. The minimum absolute atomic E-state index is 0.282. The first kappa shape index (κ1) is 25.9. The largest absolute Gasteiger partial charge is 0.351 e. The van der Waals surface area contributed by atoms with Crippen molar-refractivity contribution in [1.82, 2.24) is 0 Å². The third-order valence-corrected chi connectivity index (χ3v) is 5.98. The van der Waals surface area contributed by atoms with Crippen LogP contribution >= 0.6 is 0 Å². The van der Waals surface area contributed by atoms with Crippen LogP contribution in [0.5, 0.6) is 0 Å². The number of anilines is 4. The highest BCUT2D eigenvalue weighted by Crippen LogP contribution is 2.24. The second-order valence-electron chi connectivity index (χ2n) is 8.73. The van der Waals surface area contributed by atoms with Gasteiger partial charge in [-0.25, -0.2) is 9.80 Å². The summed E-state index contributed by atoms with van der Waals surface area (Å²) < 4.78 is 0. The van der Waals surface area contributed by atoms with E-state index in [0.717, 1.165) is 21.2 Å². The number of nitrogens with one attached hydrogen (secondary N) is 2. The number of nitrogens with zero attached hydrogens (tertiary/aromatic N) is 2. The topological polar surface area (TPSA) is 98.8 Å². The molecule has 6 rings (SSSR count). The third-order valence-electron chi connectivity index (χ3n) is 5.98. The van der Waals surface area contributed by atoms with Gasteiger partial charge in [-0.1, -0.05) is 72.8 Å². The highest BCUT2D eigenvalue weighted by atomic mass is 16.2. The highest BCUT2D eigenvalue weighted by molar-refractivity contribution is 6.32. The highest BCUT2D eigenvalue weighted by Gasteiger charge is 2.33. The molecule has 0 atom stereocenters. The summed E-state index contributed by atoms with van der Waals surface area (Å²) >= 11 is 0. The molecule has 2 aliphatic heterocycles. The molecule has 4 amide bonds. The first-order chi connectivity index (χ1) is 19.5. The van der Waals surface area contributed by atoms with Crippen molar-refractivity contribution in [1.29, 1.82) is 0 Å². The predicted molar refractivity (Wildman–Crippen MR) is 154 cm³/mol. The summed E-state index contributed by atoms with van der Waals surface area (Å²) in [4.78, 5) is 50.9. The summed E-state index contributed by atoms with van der Waals surface area (Å²) in [6.07, 6.45) is 2.64. The fraction of sp³-hybridized carbons (Fsp3) is 0. The van der Waals surface area contributed by atoms with Gasteiger partial charge in [0.1, 0.15) is 11.4 Å². The number of carbonyl (C=O) groups excluding carboxylic acids is 4. The molecule has 4 aromatic carbocycles. The van der Waals surface area contributed by atoms with Gasteiger partial charge in [-0.15, -0.1) is 0 Å². The van der Waals surface area contributed by atoms with Crippen LogP contribution in [0.3, 0.4) is 0 Å². The molecule has 0 spiro atoms. The molecular weight excluding hydrogens is 504 g/mol. The van der Waals surface area contributed by atoms with E-state index in [9.17, 15) is 19.2 Å². The Morgan fingerprint density at radius 3 is 1.02 bits per heavy atom. The normalized spacial score (nSPS) is 14.4. The molecule has 0 radical (unpaired) electrons. The third kappa shape index (κ3) is 5.71. The summed E-state index contributed by atoms with van der Waals surface area (Å²) in [5.74, 6) is -1.35. The van der Waals surface area contributed by atoms with E-state index in [1.165, 1.54) is 12.2 Å². The Bertz CT molecular complexity index is 1480. The van der Waals surface area contributed by atoms with Crippen molar-refractivity contribution in [3.8, 4) is 0 Å². The van der Waals surface area contributed by atoms with Gasteiger partial charge in [0, 0.05) is 23.5 Å². The first-order valence-electron chi connectivity index (χ1n) is 12.5. The van der Waals surface area contributed by atoms with Gasteiger partial charge >= 0.3 is 0 Å². The van der Waals surface area contributed by atoms with Gasteiger partial charge in [0.25, 0.3) is 23.6 Å². The summed E-state index contributed by atoms with van der Waals surface area (Å²) in [5, 5.41) is 5.94. The van der Waals surface area contributed by atoms with E-state index >= 15 is 0 Å². The Hall–Kier alpha value is -5.76. The van der Waals surface area contributed by atoms with Crippen LogP contribution < -0.4 is 20.4 Å². The molecule has 0 aromatic heterocycles. The van der Waals surface area contributed by atoms with Crippen LogP contribution in [0.1, 0.15) is 0 Å². The lowest BCUT2D eigenvalue weighted by atomic mass is 10.3. The monoisotopic (exact) mass is 528 g/mol. The molecule has 8 nitrogen and oxygen atoms in total. The average molecular weight is 529 g/mol. The van der Waals surface area contributed by atoms with E-state index in [1.807, 2.05) is 72.8 Å². The van der Waals surface area contributed by atoms with Crippen molar-refractivity contribution in [2.24, 2.45) is 0 Å². The Balaban J connectivity index is 0.000000161. The van der Waals surface area contributed by atoms with Crippen LogP contribution in [0.15, 0.2) is 145 Å². The lowest BCUT2D eigenvalue weighted by molar-refractivity contribution is -0.121. The van der Waals surface area contributed by atoms with Crippen LogP contribution in [-0.4, -0.2) is 23.6 Å². The van der Waals surface area contributed by atoms with Gasteiger partial charge in [-0.05, 0) is 48.5 Å². The van der Waals surface area contributed by atoms with Crippen molar-refractivity contribution in [3.63, 3.8) is 0 Å². The van der Waals surface area contributed by atoms with Crippen LogP contribution in [0.2, 0.25) is 0 Å². The second-order valence-corrected chi connectivity index (χ2v) is 8.73. The van der Waals surface area contributed by atoms with E-state index in [-0.39, 0.29) is 35.0 Å². The quantitative estimate of drug-likeness (QED) is 0.338. The Kier molecular flexibility index (Phi) is 7.60. The zero-order valence-corrected chi connectivity index (χ0v) is 21.2. The second kappa shape index (κ2) is 11.7. The van der Waals surface area contributed by atoms with Gasteiger partial charge in [0.2, 0.25) is 0 Å². The SMILES string of the molecule is O=C1C=C(Nc2ccccc2)C(=O)N1c1ccccc1.O=C1C=C(Nc2ccccc2)C(=O)N1c1ccccc1. The number of hydrogen-bond donors (Lipinski definition) is 2. The molecule has 8 heteroatoms. The molecule has 0 fully saturated rings. The number of rotatable bonds is 6. The van der Waals surface area contributed by atoms with Gasteiger partial charge in [0.15, 0.2) is 0 Å². The molecule has 0 bridgehead atoms. The van der Waals surface area contributed by atoms with E-state index in [1.54, 1.807) is 48.5 Å². The number of hydrogen-bond acceptors (Lipinski definition) is 6. The molecule has 0 saturated heterocycles. The fourth-order valence-electron chi connectivity index (χ4n) is 4.12. The maximum Gasteiger partial charge on any atom is 0.281 e. The minimum atomic E-state index is -0.343. The smallest absolute Gasteiger partial charge is 0.281 e. The van der Waals surface area contributed by atoms with Crippen molar-refractivity contribution < 1.29 is 19.2 Å². The zero-order valence-electron chi connectivity index (χ0n) is 21.2. The van der Waals surface area contributed by atoms with E-state index in [0.29, 0.717) is 11.4 Å². The molecule has 0 unspecified atom stereocenters. The number of carbonyl (C=O) groups is 4. The molecule has 196 valence electrons. The lowest BCUT2D eigenvalue weighted by Gasteiger charge is -2.15. The van der Waals surface area contributed by atoms with E-state index in [2.05, 4.69) is 10.6 Å². The Morgan fingerprint density at radius 1 is 0.400 bits per heavy atom. The molecule has 2 N–H and O–H groups in total. The van der Waals surface area contributed by atoms with Crippen LogP contribution in [0.25, 0.3) is 0 Å². The summed E-state index contributed by atoms with van der Waals surface area (Å²) in [5.41, 5.74) is 3.26. The Morgan fingerprint density at radius 2 is 0.700 bits per heavy atom. The average Bonchev–Trinajstić information content (AvgIpc) is 3.43. The Labute approximate surface area is 230 Å². The van der Waals surface area contributed by atoms with Crippen LogP contribution in [-0.2, 0) is 19.2 Å². The molecule has 40 heavy (non-hydrogen) atoms. The maximum atomic E-state index is 12.3. The standard InChI is InChI=1S/2C16H12N2O2/c2*19-15-11-14(17-12-7-3-1-4-8-12)16(20)18(15)13-9-5-2-6-10-13/h2*1-11,17H. The fourth-order valence-corrected chi connectivity index (χ4v) is 4.12.